The minimum atomic E-state index is -1.04. The van der Waals surface area contributed by atoms with Crippen LogP contribution in [0, 0.1) is 0 Å². The third kappa shape index (κ3) is 1.40. The van der Waals surface area contributed by atoms with Crippen LogP contribution in [0.25, 0.3) is 0 Å². The van der Waals surface area contributed by atoms with Crippen LogP contribution in [-0.2, 0) is 4.79 Å². The van der Waals surface area contributed by atoms with Crippen molar-refractivity contribution in [1.82, 2.24) is 0 Å². The maximum Gasteiger partial charge on any atom is 0.354 e. The van der Waals surface area contributed by atoms with Gasteiger partial charge in [-0.15, -0.1) is 0 Å². The van der Waals surface area contributed by atoms with Crippen molar-refractivity contribution in [3.8, 4) is 0 Å². The highest BCUT2D eigenvalue weighted by Gasteiger charge is 2.23. The first-order valence-electron chi connectivity index (χ1n) is 3.60. The van der Waals surface area contributed by atoms with Crippen molar-refractivity contribution >= 4 is 29.5 Å². The summed E-state index contributed by atoms with van der Waals surface area (Å²) >= 11 is 5.68. The van der Waals surface area contributed by atoms with Gasteiger partial charge in [-0.2, -0.15) is 0 Å². The third-order valence-corrected chi connectivity index (χ3v) is 1.93. The summed E-state index contributed by atoms with van der Waals surface area (Å²) in [7, 11) is 0. The Morgan fingerprint density at radius 3 is 3.00 bits per heavy atom. The second-order valence-electron chi connectivity index (χ2n) is 2.64. The van der Waals surface area contributed by atoms with E-state index in [-0.39, 0.29) is 5.71 Å². The van der Waals surface area contributed by atoms with E-state index >= 15 is 0 Å². The van der Waals surface area contributed by atoms with Gasteiger partial charge in [0.05, 0.1) is 5.03 Å². The molecule has 0 radical (unpaired) electrons. The van der Waals surface area contributed by atoms with Gasteiger partial charge in [-0.05, 0) is 12.2 Å². The number of fused-ring (bicyclic) bond motifs is 1. The van der Waals surface area contributed by atoms with Crippen LogP contribution in [-0.4, -0.2) is 29.2 Å². The molecular formula is C8H5ClN2O2. The number of hydrogen-bond donors (Lipinski definition) is 1. The fourth-order valence-corrected chi connectivity index (χ4v) is 1.35. The van der Waals surface area contributed by atoms with E-state index in [0.29, 0.717) is 5.03 Å². The fraction of sp³-hybridized carbons (Fsp3) is 0.125. The number of carbonyl (C=O) groups is 1. The van der Waals surface area contributed by atoms with Crippen LogP contribution < -0.4 is 0 Å². The Kier molecular flexibility index (Phi) is 1.77. The second kappa shape index (κ2) is 2.81. The Morgan fingerprint density at radius 1 is 1.54 bits per heavy atom. The summed E-state index contributed by atoms with van der Waals surface area (Å²) in [5.74, 6) is -1.04. The predicted octanol–water partition coefficient (Wildman–Crippen LogP) is 0.985. The van der Waals surface area contributed by atoms with Crippen molar-refractivity contribution < 1.29 is 9.90 Å². The zero-order valence-electron chi connectivity index (χ0n) is 6.44. The summed E-state index contributed by atoms with van der Waals surface area (Å²) in [4.78, 5) is 18.4. The van der Waals surface area contributed by atoms with Gasteiger partial charge in [0.15, 0.2) is 6.17 Å². The molecule has 2 rings (SSSR count). The molecule has 0 unspecified atom stereocenters. The molecule has 1 N–H and O–H groups in total. The van der Waals surface area contributed by atoms with Crippen LogP contribution in [0.1, 0.15) is 0 Å². The maximum absolute atomic E-state index is 10.5. The van der Waals surface area contributed by atoms with E-state index < -0.39 is 12.1 Å². The van der Waals surface area contributed by atoms with Gasteiger partial charge in [0.25, 0.3) is 0 Å². The van der Waals surface area contributed by atoms with E-state index in [1.807, 2.05) is 0 Å². The molecule has 0 aromatic rings. The van der Waals surface area contributed by atoms with Crippen LogP contribution >= 0.6 is 11.6 Å². The number of rotatable bonds is 1. The van der Waals surface area contributed by atoms with E-state index in [9.17, 15) is 4.79 Å². The van der Waals surface area contributed by atoms with Crippen molar-refractivity contribution in [3.63, 3.8) is 0 Å². The standard InChI is InChI=1S/C8H5ClN2O2/c9-5-1-4-2-6(8(12)13)11-7(4)10-3-5/h1-3,7H,(H,12,13)/t7-/m0/s1. The topological polar surface area (TPSA) is 62.0 Å². The number of allylic oxidation sites excluding steroid dienone is 1. The largest absolute Gasteiger partial charge is 0.477 e. The number of aliphatic carboxylic acids is 1. The molecule has 0 aliphatic carbocycles. The van der Waals surface area contributed by atoms with Crippen LogP contribution in [0.3, 0.4) is 0 Å². The van der Waals surface area contributed by atoms with Gasteiger partial charge in [0.1, 0.15) is 5.71 Å². The molecular weight excluding hydrogens is 192 g/mol. The van der Waals surface area contributed by atoms with Crippen molar-refractivity contribution in [3.05, 3.63) is 22.8 Å². The molecule has 0 bridgehead atoms. The fourth-order valence-electron chi connectivity index (χ4n) is 1.17. The first-order valence-corrected chi connectivity index (χ1v) is 3.97. The first kappa shape index (κ1) is 8.19. The lowest BCUT2D eigenvalue weighted by Crippen LogP contribution is -2.08. The number of hydrogen-bond acceptors (Lipinski definition) is 3. The normalized spacial score (nSPS) is 24.7. The quantitative estimate of drug-likeness (QED) is 0.680. The molecule has 0 fully saturated rings. The van der Waals surface area contributed by atoms with Crippen molar-refractivity contribution in [1.29, 1.82) is 0 Å². The molecule has 1 atom stereocenters. The Labute approximate surface area is 79.0 Å². The van der Waals surface area contributed by atoms with E-state index in [4.69, 9.17) is 16.7 Å². The van der Waals surface area contributed by atoms with Crippen LogP contribution in [0.5, 0.6) is 0 Å². The lowest BCUT2D eigenvalue weighted by atomic mass is 10.1. The molecule has 2 aliphatic rings. The van der Waals surface area contributed by atoms with Crippen molar-refractivity contribution in [2.75, 3.05) is 0 Å². The highest BCUT2D eigenvalue weighted by Crippen LogP contribution is 2.23. The molecule has 5 heteroatoms. The molecule has 0 spiro atoms. The lowest BCUT2D eigenvalue weighted by Gasteiger charge is -2.07. The van der Waals surface area contributed by atoms with Gasteiger partial charge in [0, 0.05) is 11.8 Å². The minimum Gasteiger partial charge on any atom is -0.477 e. The molecule has 2 aliphatic heterocycles. The number of dihydropyridines is 1. The molecule has 0 aromatic heterocycles. The summed E-state index contributed by atoms with van der Waals surface area (Å²) in [5, 5.41) is 9.14. The van der Waals surface area contributed by atoms with Crippen LogP contribution in [0.15, 0.2) is 32.7 Å². The molecule has 66 valence electrons. The SMILES string of the molecule is O=C(O)C1=N[C@@H]2N=CC(Cl)=CC2=C1. The van der Waals surface area contributed by atoms with Gasteiger partial charge in [-0.1, -0.05) is 11.6 Å². The summed E-state index contributed by atoms with van der Waals surface area (Å²) < 4.78 is 0. The number of nitrogens with zero attached hydrogens (tertiary/aromatic N) is 2. The molecule has 4 nitrogen and oxygen atoms in total. The van der Waals surface area contributed by atoms with Gasteiger partial charge < -0.3 is 5.11 Å². The monoisotopic (exact) mass is 196 g/mol. The molecule has 2 heterocycles. The Balaban J connectivity index is 2.36. The van der Waals surface area contributed by atoms with E-state index in [1.54, 1.807) is 6.08 Å². The predicted molar refractivity (Wildman–Crippen MR) is 49.4 cm³/mol. The summed E-state index contributed by atoms with van der Waals surface area (Å²) in [6.07, 6.45) is 4.20. The summed E-state index contributed by atoms with van der Waals surface area (Å²) in [5.41, 5.74) is 0.754. The molecule has 0 saturated carbocycles. The maximum atomic E-state index is 10.5. The van der Waals surface area contributed by atoms with Gasteiger partial charge in [-0.25, -0.2) is 9.79 Å². The number of halogens is 1. The third-order valence-electron chi connectivity index (χ3n) is 1.73. The lowest BCUT2D eigenvalue weighted by molar-refractivity contribution is -0.129. The second-order valence-corrected chi connectivity index (χ2v) is 3.08. The highest BCUT2D eigenvalue weighted by atomic mass is 35.5. The Morgan fingerprint density at radius 2 is 2.31 bits per heavy atom. The molecule has 0 saturated heterocycles. The van der Waals surface area contributed by atoms with Gasteiger partial charge >= 0.3 is 5.97 Å². The number of carboxylic acid groups (broad SMARTS) is 1. The van der Waals surface area contributed by atoms with Gasteiger partial charge in [0.2, 0.25) is 0 Å². The minimum absolute atomic E-state index is 0.0276. The van der Waals surface area contributed by atoms with Crippen molar-refractivity contribution in [2.24, 2.45) is 9.98 Å². The average Bonchev–Trinajstić information content (AvgIpc) is 2.46. The van der Waals surface area contributed by atoms with Crippen LogP contribution in [0.4, 0.5) is 0 Å². The summed E-state index contributed by atoms with van der Waals surface area (Å²) in [6.45, 7) is 0. The van der Waals surface area contributed by atoms with E-state index in [0.717, 1.165) is 5.57 Å². The summed E-state index contributed by atoms with van der Waals surface area (Å²) in [6, 6.07) is 0. The molecule has 0 aromatic carbocycles. The van der Waals surface area contributed by atoms with E-state index in [1.165, 1.54) is 12.3 Å². The first-order chi connectivity index (χ1) is 6.16. The van der Waals surface area contributed by atoms with Crippen LogP contribution in [0.2, 0.25) is 0 Å². The van der Waals surface area contributed by atoms with Crippen molar-refractivity contribution in [2.45, 2.75) is 6.17 Å². The Bertz CT molecular complexity index is 393. The van der Waals surface area contributed by atoms with Gasteiger partial charge in [-0.3, -0.25) is 4.99 Å². The van der Waals surface area contributed by atoms with E-state index in [2.05, 4.69) is 9.98 Å². The smallest absolute Gasteiger partial charge is 0.354 e. The number of aliphatic imine (C=N–C) groups is 2. The Hall–Kier alpha value is -1.42. The average molecular weight is 197 g/mol. The highest BCUT2D eigenvalue weighted by molar-refractivity contribution is 6.42. The number of carboxylic acids is 1. The molecule has 0 amide bonds. The zero-order chi connectivity index (χ0) is 9.42. The molecule has 13 heavy (non-hydrogen) atoms. The zero-order valence-corrected chi connectivity index (χ0v) is 7.19.